The molecule has 2 unspecified atom stereocenters. The Kier molecular flexibility index (Phi) is 12.5. The average molecular weight is 547 g/mol. The van der Waals surface area contributed by atoms with Crippen LogP contribution in [0.15, 0.2) is 24.3 Å². The van der Waals surface area contributed by atoms with Gasteiger partial charge >= 0.3 is 6.09 Å². The first kappa shape index (κ1) is 31.9. The summed E-state index contributed by atoms with van der Waals surface area (Å²) in [6.07, 6.45) is 6.91. The number of primary amides is 1. The SMILES string of the molecule is CCCCCCN(C(=O)C(CC(N)=O)NC(=O)OC(C)(C)C)C(C(=O)NC1CCCCC1)c1cccc(O)c1. The number of hydrogen-bond donors (Lipinski definition) is 4. The molecule has 0 radical (unpaired) electrons. The molecule has 0 saturated heterocycles. The number of phenols is 1. The standard InChI is InChI=1S/C29H46N4O6/c1-5-6-7-11-17-33(27(37)23(19-24(30)35)32-28(38)39-29(2,3)4)25(20-13-12-16-22(34)18-20)26(36)31-21-14-9-8-10-15-21/h12-13,16,18,21,23,25,34H,5-11,14-15,17,19H2,1-4H3,(H2,30,35)(H,31,36)(H,32,38). The van der Waals surface area contributed by atoms with Crippen LogP contribution in [0.3, 0.4) is 0 Å². The van der Waals surface area contributed by atoms with Crippen LogP contribution in [0.25, 0.3) is 0 Å². The number of carbonyl (C=O) groups is 4. The van der Waals surface area contributed by atoms with Gasteiger partial charge in [-0.15, -0.1) is 0 Å². The Bertz CT molecular complexity index is 971. The van der Waals surface area contributed by atoms with Gasteiger partial charge in [0.2, 0.25) is 17.7 Å². The van der Waals surface area contributed by atoms with Gasteiger partial charge in [-0.25, -0.2) is 4.79 Å². The first-order chi connectivity index (χ1) is 18.4. The zero-order valence-electron chi connectivity index (χ0n) is 23.8. The Hall–Kier alpha value is -3.30. The van der Waals surface area contributed by atoms with Gasteiger partial charge in [-0.05, 0) is 57.7 Å². The van der Waals surface area contributed by atoms with E-state index in [1.54, 1.807) is 32.9 Å². The lowest BCUT2D eigenvalue weighted by Gasteiger charge is -2.35. The third kappa shape index (κ3) is 11.1. The van der Waals surface area contributed by atoms with E-state index < -0.39 is 42.0 Å². The molecule has 1 aromatic carbocycles. The largest absolute Gasteiger partial charge is 0.508 e. The number of nitrogens with two attached hydrogens (primary N) is 1. The minimum atomic E-state index is -1.33. The third-order valence-corrected chi connectivity index (χ3v) is 6.63. The second kappa shape index (κ2) is 15.3. The van der Waals surface area contributed by atoms with Crippen molar-refractivity contribution in [2.24, 2.45) is 5.73 Å². The molecule has 1 aliphatic rings. The molecule has 0 spiro atoms. The van der Waals surface area contributed by atoms with Crippen LogP contribution in [0.5, 0.6) is 5.75 Å². The van der Waals surface area contributed by atoms with Crippen molar-refractivity contribution in [1.82, 2.24) is 15.5 Å². The number of benzene rings is 1. The molecule has 1 fully saturated rings. The molecule has 4 amide bonds. The van der Waals surface area contributed by atoms with E-state index in [4.69, 9.17) is 10.5 Å². The highest BCUT2D eigenvalue weighted by Gasteiger charge is 2.37. The molecular weight excluding hydrogens is 500 g/mol. The maximum absolute atomic E-state index is 14.0. The third-order valence-electron chi connectivity index (χ3n) is 6.63. The Balaban J connectivity index is 2.46. The van der Waals surface area contributed by atoms with Crippen LogP contribution >= 0.6 is 0 Å². The van der Waals surface area contributed by atoms with Crippen LogP contribution in [0.2, 0.25) is 0 Å². The lowest BCUT2D eigenvalue weighted by molar-refractivity contribution is -0.143. The highest BCUT2D eigenvalue weighted by atomic mass is 16.6. The molecule has 0 aliphatic heterocycles. The highest BCUT2D eigenvalue weighted by molar-refractivity contribution is 5.94. The van der Waals surface area contributed by atoms with Gasteiger partial charge in [0, 0.05) is 12.6 Å². The normalized spacial score (nSPS) is 15.6. The molecule has 10 heteroatoms. The summed E-state index contributed by atoms with van der Waals surface area (Å²) in [6, 6.07) is 3.83. The maximum atomic E-state index is 14.0. The smallest absolute Gasteiger partial charge is 0.408 e. The van der Waals surface area contributed by atoms with Crippen LogP contribution in [0, 0.1) is 0 Å². The maximum Gasteiger partial charge on any atom is 0.408 e. The highest BCUT2D eigenvalue weighted by Crippen LogP contribution is 2.28. The van der Waals surface area contributed by atoms with E-state index in [2.05, 4.69) is 17.6 Å². The number of amides is 4. The number of unbranched alkanes of at least 4 members (excludes halogenated alkanes) is 3. The Morgan fingerprint density at radius 2 is 1.79 bits per heavy atom. The van der Waals surface area contributed by atoms with Crippen LogP contribution in [0.1, 0.15) is 104 Å². The molecule has 10 nitrogen and oxygen atoms in total. The monoisotopic (exact) mass is 546 g/mol. The Labute approximate surface area is 232 Å². The van der Waals surface area contributed by atoms with Gasteiger partial charge in [-0.3, -0.25) is 14.4 Å². The van der Waals surface area contributed by atoms with Crippen molar-refractivity contribution < 1.29 is 29.0 Å². The van der Waals surface area contributed by atoms with E-state index in [1.165, 1.54) is 17.0 Å². The number of nitrogens with one attached hydrogen (secondary N) is 2. The van der Waals surface area contributed by atoms with Crippen molar-refractivity contribution >= 4 is 23.8 Å². The van der Waals surface area contributed by atoms with Crippen molar-refractivity contribution in [3.8, 4) is 5.75 Å². The molecule has 2 atom stereocenters. The second-order valence-corrected chi connectivity index (χ2v) is 11.3. The van der Waals surface area contributed by atoms with Crippen molar-refractivity contribution in [3.05, 3.63) is 29.8 Å². The van der Waals surface area contributed by atoms with Crippen LogP contribution in [-0.2, 0) is 19.1 Å². The molecule has 39 heavy (non-hydrogen) atoms. The predicted octanol–water partition coefficient (Wildman–Crippen LogP) is 4.06. The van der Waals surface area contributed by atoms with Crippen molar-refractivity contribution in [2.75, 3.05) is 6.54 Å². The zero-order chi connectivity index (χ0) is 29.0. The molecule has 1 saturated carbocycles. The average Bonchev–Trinajstić information content (AvgIpc) is 2.84. The van der Waals surface area contributed by atoms with E-state index >= 15 is 0 Å². The number of alkyl carbamates (subject to hydrolysis) is 1. The van der Waals surface area contributed by atoms with Crippen molar-refractivity contribution in [2.45, 2.75) is 116 Å². The van der Waals surface area contributed by atoms with Gasteiger partial charge in [0.15, 0.2) is 0 Å². The summed E-state index contributed by atoms with van der Waals surface area (Å²) in [5, 5.41) is 15.8. The number of carbonyl (C=O) groups excluding carboxylic acids is 4. The first-order valence-electron chi connectivity index (χ1n) is 14.1. The van der Waals surface area contributed by atoms with Gasteiger partial charge in [0.05, 0.1) is 6.42 Å². The minimum Gasteiger partial charge on any atom is -0.508 e. The van der Waals surface area contributed by atoms with Gasteiger partial charge in [0.25, 0.3) is 0 Å². The fraction of sp³-hybridized carbons (Fsp3) is 0.655. The van der Waals surface area contributed by atoms with Crippen LogP contribution < -0.4 is 16.4 Å². The van der Waals surface area contributed by atoms with Gasteiger partial charge in [-0.2, -0.15) is 0 Å². The number of nitrogens with zero attached hydrogens (tertiary/aromatic N) is 1. The number of ether oxygens (including phenoxy) is 1. The van der Waals surface area contributed by atoms with Crippen LogP contribution in [0.4, 0.5) is 4.79 Å². The second-order valence-electron chi connectivity index (χ2n) is 11.3. The van der Waals surface area contributed by atoms with Crippen molar-refractivity contribution in [1.29, 1.82) is 0 Å². The van der Waals surface area contributed by atoms with E-state index in [0.29, 0.717) is 12.0 Å². The summed E-state index contributed by atoms with van der Waals surface area (Å²) in [5.74, 6) is -1.81. The van der Waals surface area contributed by atoms with Gasteiger partial charge < -0.3 is 31.1 Å². The Morgan fingerprint density at radius 3 is 2.38 bits per heavy atom. The fourth-order valence-electron chi connectivity index (χ4n) is 4.82. The molecule has 1 aliphatic carbocycles. The van der Waals surface area contributed by atoms with E-state index in [0.717, 1.165) is 51.4 Å². The van der Waals surface area contributed by atoms with Gasteiger partial charge in [0.1, 0.15) is 23.4 Å². The molecule has 5 N–H and O–H groups in total. The molecule has 218 valence electrons. The topological polar surface area (TPSA) is 151 Å². The molecule has 0 heterocycles. The summed E-state index contributed by atoms with van der Waals surface area (Å²) in [5.41, 5.74) is 5.06. The van der Waals surface area contributed by atoms with E-state index in [-0.39, 0.29) is 24.2 Å². The summed E-state index contributed by atoms with van der Waals surface area (Å²) in [7, 11) is 0. The number of hydrogen-bond acceptors (Lipinski definition) is 6. The van der Waals surface area contributed by atoms with E-state index in [9.17, 15) is 24.3 Å². The number of aromatic hydroxyl groups is 1. The number of phenolic OH excluding ortho intramolecular Hbond substituents is 1. The first-order valence-corrected chi connectivity index (χ1v) is 14.1. The summed E-state index contributed by atoms with van der Waals surface area (Å²) < 4.78 is 5.32. The molecule has 0 aromatic heterocycles. The lowest BCUT2D eigenvalue weighted by atomic mass is 9.94. The van der Waals surface area contributed by atoms with Gasteiger partial charge in [-0.1, -0.05) is 57.6 Å². The minimum absolute atomic E-state index is 0.00981. The van der Waals surface area contributed by atoms with Crippen molar-refractivity contribution in [3.63, 3.8) is 0 Å². The Morgan fingerprint density at radius 1 is 1.10 bits per heavy atom. The summed E-state index contributed by atoms with van der Waals surface area (Å²) in [4.78, 5) is 53.8. The lowest BCUT2D eigenvalue weighted by Crippen LogP contribution is -2.55. The predicted molar refractivity (Wildman–Crippen MR) is 149 cm³/mol. The molecular formula is C29H46N4O6. The molecule has 0 bridgehead atoms. The van der Waals surface area contributed by atoms with E-state index in [1.807, 2.05) is 0 Å². The molecule has 1 aromatic rings. The zero-order valence-corrected chi connectivity index (χ0v) is 23.8. The summed E-state index contributed by atoms with van der Waals surface area (Å²) in [6.45, 7) is 7.34. The fourth-order valence-corrected chi connectivity index (χ4v) is 4.82. The summed E-state index contributed by atoms with van der Waals surface area (Å²) >= 11 is 0. The number of rotatable bonds is 13. The molecule has 2 rings (SSSR count). The van der Waals surface area contributed by atoms with Crippen LogP contribution in [-0.4, -0.2) is 58.1 Å². The quantitative estimate of drug-likeness (QED) is 0.274.